The number of hydrogen-bond donors (Lipinski definition) is 3. The monoisotopic (exact) mass is 381 g/mol. The second-order valence-electron chi connectivity index (χ2n) is 6.23. The van der Waals surface area contributed by atoms with E-state index in [9.17, 15) is 4.79 Å². The number of H-pyrrole nitrogens is 2. The number of rotatable bonds is 6. The molecule has 0 radical (unpaired) electrons. The maximum atomic E-state index is 12.8. The van der Waals surface area contributed by atoms with Crippen molar-refractivity contribution in [1.29, 1.82) is 0 Å². The van der Waals surface area contributed by atoms with E-state index in [0.29, 0.717) is 11.4 Å². The average Bonchev–Trinajstić information content (AvgIpc) is 3.26. The molecule has 0 atom stereocenters. The normalized spacial score (nSPS) is 11.3. The molecule has 0 aliphatic carbocycles. The highest BCUT2D eigenvalue weighted by molar-refractivity contribution is 5.66. The molecule has 0 spiro atoms. The highest BCUT2D eigenvalue weighted by atomic mass is 16.5. The van der Waals surface area contributed by atoms with Crippen LogP contribution in [0.25, 0.3) is 10.5 Å². The summed E-state index contributed by atoms with van der Waals surface area (Å²) in [6.45, 7) is 11.1. The Balaban J connectivity index is 2.01. The zero-order valence-electron chi connectivity index (χ0n) is 15.6. The standard InChI is InChI=1S/C18H19N7O3/c1-10(2)13-14(19-3)16(22-20-13)23-21-15-17(28-4)24-25(18(15)27)12-7-5-11(9-26)6-8-12/h5-8,10,24,26H,9H2,1-2,4H3,(H,20,22). The van der Waals surface area contributed by atoms with Crippen molar-refractivity contribution in [3.05, 3.63) is 57.3 Å². The molecule has 0 bridgehead atoms. The second-order valence-corrected chi connectivity index (χ2v) is 6.23. The van der Waals surface area contributed by atoms with E-state index in [-0.39, 0.29) is 35.6 Å². The van der Waals surface area contributed by atoms with Gasteiger partial charge in [0.15, 0.2) is 0 Å². The van der Waals surface area contributed by atoms with Crippen LogP contribution in [0.15, 0.2) is 39.3 Å². The summed E-state index contributed by atoms with van der Waals surface area (Å²) in [4.78, 5) is 16.2. The highest BCUT2D eigenvalue weighted by Crippen LogP contribution is 2.35. The smallest absolute Gasteiger partial charge is 0.303 e. The molecule has 0 fully saturated rings. The Morgan fingerprint density at radius 3 is 2.61 bits per heavy atom. The van der Waals surface area contributed by atoms with E-state index in [1.54, 1.807) is 24.3 Å². The quantitative estimate of drug-likeness (QED) is 0.446. The molecule has 0 saturated heterocycles. The fraction of sp³-hybridized carbons (Fsp3) is 0.278. The molecule has 3 N–H and O–H groups in total. The first-order chi connectivity index (χ1) is 13.5. The third-order valence-electron chi connectivity index (χ3n) is 4.10. The zero-order chi connectivity index (χ0) is 20.3. The molecule has 144 valence electrons. The summed E-state index contributed by atoms with van der Waals surface area (Å²) < 4.78 is 6.46. The van der Waals surface area contributed by atoms with Gasteiger partial charge in [-0.15, -0.1) is 10.2 Å². The summed E-state index contributed by atoms with van der Waals surface area (Å²) in [5.74, 6) is 0.311. The Morgan fingerprint density at radius 1 is 1.32 bits per heavy atom. The molecule has 0 unspecified atom stereocenters. The van der Waals surface area contributed by atoms with Crippen LogP contribution in [-0.2, 0) is 6.61 Å². The largest absolute Gasteiger partial charge is 0.480 e. The molecule has 2 aromatic heterocycles. The summed E-state index contributed by atoms with van der Waals surface area (Å²) in [6.07, 6.45) is 0. The van der Waals surface area contributed by atoms with Gasteiger partial charge in [0.2, 0.25) is 17.4 Å². The molecular weight excluding hydrogens is 362 g/mol. The first-order valence-corrected chi connectivity index (χ1v) is 8.46. The molecule has 1 aromatic carbocycles. The van der Waals surface area contributed by atoms with Crippen LogP contribution in [0.1, 0.15) is 31.0 Å². The van der Waals surface area contributed by atoms with Crippen LogP contribution < -0.4 is 10.3 Å². The van der Waals surface area contributed by atoms with Gasteiger partial charge in [-0.2, -0.15) is 5.10 Å². The van der Waals surface area contributed by atoms with Crippen molar-refractivity contribution in [2.24, 2.45) is 10.2 Å². The number of nitrogens with zero attached hydrogens (tertiary/aromatic N) is 5. The van der Waals surface area contributed by atoms with Gasteiger partial charge in [0.1, 0.15) is 0 Å². The highest BCUT2D eigenvalue weighted by Gasteiger charge is 2.19. The molecule has 3 aromatic rings. The first kappa shape index (κ1) is 19.1. The number of azo groups is 1. The van der Waals surface area contributed by atoms with Gasteiger partial charge >= 0.3 is 5.56 Å². The van der Waals surface area contributed by atoms with Gasteiger partial charge in [-0.3, -0.25) is 15.0 Å². The number of nitrogens with one attached hydrogen (secondary N) is 2. The van der Waals surface area contributed by atoms with Gasteiger partial charge in [0.05, 0.1) is 26.0 Å². The Hall–Kier alpha value is -3.71. The molecule has 10 nitrogen and oxygen atoms in total. The fourth-order valence-electron chi connectivity index (χ4n) is 2.59. The van der Waals surface area contributed by atoms with Crippen molar-refractivity contribution in [2.45, 2.75) is 26.4 Å². The van der Waals surface area contributed by atoms with Gasteiger partial charge in [-0.25, -0.2) is 9.53 Å². The fourth-order valence-corrected chi connectivity index (χ4v) is 2.59. The number of aliphatic hydroxyl groups is 1. The second kappa shape index (κ2) is 7.89. The summed E-state index contributed by atoms with van der Waals surface area (Å²) >= 11 is 0. The van der Waals surface area contributed by atoms with Gasteiger partial charge < -0.3 is 9.84 Å². The van der Waals surface area contributed by atoms with E-state index in [4.69, 9.17) is 16.4 Å². The summed E-state index contributed by atoms with van der Waals surface area (Å²) in [5.41, 5.74) is 1.69. The van der Waals surface area contributed by atoms with Crippen molar-refractivity contribution in [3.63, 3.8) is 0 Å². The minimum absolute atomic E-state index is 0.0428. The Bertz CT molecular complexity index is 1100. The van der Waals surface area contributed by atoms with E-state index >= 15 is 0 Å². The van der Waals surface area contributed by atoms with E-state index < -0.39 is 5.56 Å². The van der Waals surface area contributed by atoms with Crippen molar-refractivity contribution < 1.29 is 9.84 Å². The molecular formula is C18H19N7O3. The number of aromatic amines is 2. The summed E-state index contributed by atoms with van der Waals surface area (Å²) in [6, 6.07) is 6.78. The predicted molar refractivity (Wildman–Crippen MR) is 102 cm³/mol. The molecule has 10 heteroatoms. The summed E-state index contributed by atoms with van der Waals surface area (Å²) in [7, 11) is 1.40. The maximum Gasteiger partial charge on any atom is 0.303 e. The molecule has 0 aliphatic heterocycles. The van der Waals surface area contributed by atoms with Crippen LogP contribution >= 0.6 is 0 Å². The van der Waals surface area contributed by atoms with Gasteiger partial charge in [0.25, 0.3) is 5.69 Å². The van der Waals surface area contributed by atoms with Crippen molar-refractivity contribution in [1.82, 2.24) is 20.0 Å². The van der Waals surface area contributed by atoms with Crippen LogP contribution in [0, 0.1) is 6.57 Å². The average molecular weight is 381 g/mol. The van der Waals surface area contributed by atoms with Gasteiger partial charge in [-0.1, -0.05) is 26.0 Å². The molecule has 0 saturated carbocycles. The lowest BCUT2D eigenvalue weighted by Gasteiger charge is -2.02. The van der Waals surface area contributed by atoms with Gasteiger partial charge in [0, 0.05) is 5.69 Å². The predicted octanol–water partition coefficient (Wildman–Crippen LogP) is 3.48. The third kappa shape index (κ3) is 3.43. The Labute approximate surface area is 160 Å². The SMILES string of the molecule is [C-]#[N+]c1c(N=Nc2c(OC)[nH]n(-c3ccc(CO)cc3)c2=O)n[nH]c1C(C)C. The van der Waals surface area contributed by atoms with E-state index in [1.165, 1.54) is 11.8 Å². The Morgan fingerprint density at radius 2 is 2.04 bits per heavy atom. The van der Waals surface area contributed by atoms with Crippen LogP contribution in [-0.4, -0.2) is 32.2 Å². The van der Waals surface area contributed by atoms with Crippen molar-refractivity contribution in [2.75, 3.05) is 7.11 Å². The minimum atomic E-state index is -0.471. The van der Waals surface area contributed by atoms with Crippen molar-refractivity contribution >= 4 is 17.2 Å². The van der Waals surface area contributed by atoms with Crippen LogP contribution in [0.5, 0.6) is 5.88 Å². The number of benzene rings is 1. The van der Waals surface area contributed by atoms with Crippen LogP contribution in [0.2, 0.25) is 0 Å². The molecule has 2 heterocycles. The van der Waals surface area contributed by atoms with Gasteiger partial charge in [-0.05, 0) is 23.6 Å². The number of hydrogen-bond acceptors (Lipinski definition) is 6. The third-order valence-corrected chi connectivity index (χ3v) is 4.10. The lowest BCUT2D eigenvalue weighted by molar-refractivity contribution is 0.282. The van der Waals surface area contributed by atoms with Crippen LogP contribution in [0.4, 0.5) is 17.2 Å². The summed E-state index contributed by atoms with van der Waals surface area (Å²) in [5, 5.41) is 26.7. The van der Waals surface area contributed by atoms with E-state index in [2.05, 4.69) is 30.4 Å². The Kier molecular flexibility index (Phi) is 5.37. The number of ether oxygens (including phenoxy) is 1. The number of aliphatic hydroxyl groups excluding tert-OH is 1. The number of aromatic nitrogens is 4. The first-order valence-electron chi connectivity index (χ1n) is 8.46. The molecule has 28 heavy (non-hydrogen) atoms. The zero-order valence-corrected chi connectivity index (χ0v) is 15.6. The number of methoxy groups -OCH3 is 1. The van der Waals surface area contributed by atoms with Crippen LogP contribution in [0.3, 0.4) is 0 Å². The lowest BCUT2D eigenvalue weighted by Crippen LogP contribution is -2.14. The topological polar surface area (TPSA) is 125 Å². The maximum absolute atomic E-state index is 12.8. The lowest BCUT2D eigenvalue weighted by atomic mass is 10.1. The van der Waals surface area contributed by atoms with E-state index in [1.807, 2.05) is 13.8 Å². The molecule has 3 rings (SSSR count). The molecule has 0 amide bonds. The van der Waals surface area contributed by atoms with Crippen molar-refractivity contribution in [3.8, 4) is 11.6 Å². The van der Waals surface area contributed by atoms with E-state index in [0.717, 1.165) is 5.56 Å². The minimum Gasteiger partial charge on any atom is -0.480 e. The molecule has 0 aliphatic rings.